The normalized spacial score (nSPS) is 19.9. The Bertz CT molecular complexity index is 477. The molecule has 1 aromatic carbocycles. The number of amides is 1. The molecular formula is C16H22N2O2. The van der Waals surface area contributed by atoms with Crippen LogP contribution in [0.25, 0.3) is 0 Å². The zero-order valence-corrected chi connectivity index (χ0v) is 12.0. The fraction of sp³-hybridized carbons (Fsp3) is 0.562. The number of methoxy groups -OCH3 is 1. The van der Waals surface area contributed by atoms with Crippen LogP contribution < -0.4 is 4.74 Å². The maximum atomic E-state index is 12.4. The highest BCUT2D eigenvalue weighted by molar-refractivity contribution is 5.79. The van der Waals surface area contributed by atoms with Gasteiger partial charge in [0.2, 0.25) is 5.91 Å². The number of carbonyl (C=O) groups excluding carboxylic acids is 1. The van der Waals surface area contributed by atoms with Gasteiger partial charge in [0.15, 0.2) is 0 Å². The number of piperazine rings is 1. The molecule has 1 aromatic rings. The first kappa shape index (κ1) is 13.4. The van der Waals surface area contributed by atoms with Gasteiger partial charge in [-0.3, -0.25) is 9.69 Å². The average molecular weight is 274 g/mol. The lowest BCUT2D eigenvalue weighted by Crippen LogP contribution is -2.49. The van der Waals surface area contributed by atoms with Crippen LogP contribution >= 0.6 is 0 Å². The summed E-state index contributed by atoms with van der Waals surface area (Å²) in [5.41, 5.74) is 0.977. The smallest absolute Gasteiger partial charge is 0.227 e. The first-order chi connectivity index (χ1) is 9.78. The summed E-state index contributed by atoms with van der Waals surface area (Å²) in [5, 5.41) is 0. The molecule has 1 amide bonds. The fourth-order valence-electron chi connectivity index (χ4n) is 2.90. The molecule has 20 heavy (non-hydrogen) atoms. The van der Waals surface area contributed by atoms with Crippen molar-refractivity contribution in [3.8, 4) is 5.75 Å². The summed E-state index contributed by atoms with van der Waals surface area (Å²) in [7, 11) is 1.65. The van der Waals surface area contributed by atoms with Crippen LogP contribution in [0, 0.1) is 0 Å². The second-order valence-electron chi connectivity index (χ2n) is 5.64. The molecule has 0 N–H and O–H groups in total. The van der Waals surface area contributed by atoms with E-state index < -0.39 is 0 Å². The van der Waals surface area contributed by atoms with Crippen LogP contribution in [0.2, 0.25) is 0 Å². The van der Waals surface area contributed by atoms with E-state index in [9.17, 15) is 4.79 Å². The molecule has 1 heterocycles. The molecule has 1 aliphatic carbocycles. The van der Waals surface area contributed by atoms with Gasteiger partial charge in [0.1, 0.15) is 5.75 Å². The van der Waals surface area contributed by atoms with E-state index in [4.69, 9.17) is 4.74 Å². The van der Waals surface area contributed by atoms with Crippen molar-refractivity contribution in [2.45, 2.75) is 25.3 Å². The van der Waals surface area contributed by atoms with E-state index in [1.807, 2.05) is 29.2 Å². The molecule has 3 rings (SSSR count). The van der Waals surface area contributed by atoms with Gasteiger partial charge < -0.3 is 9.64 Å². The van der Waals surface area contributed by atoms with Gasteiger partial charge in [-0.25, -0.2) is 0 Å². The van der Waals surface area contributed by atoms with Gasteiger partial charge in [-0.05, 0) is 18.9 Å². The third-order valence-electron chi connectivity index (χ3n) is 4.26. The number of ether oxygens (including phenoxy) is 1. The third-order valence-corrected chi connectivity index (χ3v) is 4.26. The lowest BCUT2D eigenvalue weighted by atomic mass is 10.1. The fourth-order valence-corrected chi connectivity index (χ4v) is 2.90. The minimum absolute atomic E-state index is 0.213. The van der Waals surface area contributed by atoms with Crippen molar-refractivity contribution in [2.75, 3.05) is 33.3 Å². The van der Waals surface area contributed by atoms with Crippen LogP contribution in [0.5, 0.6) is 5.75 Å². The number of hydrogen-bond donors (Lipinski definition) is 0. The van der Waals surface area contributed by atoms with Crippen LogP contribution in [0.3, 0.4) is 0 Å². The molecule has 0 aromatic heterocycles. The Morgan fingerprint density at radius 3 is 2.55 bits per heavy atom. The van der Waals surface area contributed by atoms with Gasteiger partial charge in [-0.15, -0.1) is 0 Å². The van der Waals surface area contributed by atoms with Gasteiger partial charge in [-0.2, -0.15) is 0 Å². The standard InChI is InChI=1S/C16H22N2O2/c1-20-15-5-3-2-4-13(15)12-16(19)18-10-8-17(9-11-18)14-6-7-14/h2-5,14H,6-12H2,1H3. The number of rotatable bonds is 4. The van der Waals surface area contributed by atoms with Gasteiger partial charge in [0.05, 0.1) is 13.5 Å². The summed E-state index contributed by atoms with van der Waals surface area (Å²) in [6, 6.07) is 8.57. The maximum absolute atomic E-state index is 12.4. The summed E-state index contributed by atoms with van der Waals surface area (Å²) in [6.07, 6.45) is 3.12. The first-order valence-corrected chi connectivity index (χ1v) is 7.41. The minimum Gasteiger partial charge on any atom is -0.496 e. The zero-order chi connectivity index (χ0) is 13.9. The van der Waals surface area contributed by atoms with Gasteiger partial charge >= 0.3 is 0 Å². The van der Waals surface area contributed by atoms with Crippen molar-refractivity contribution < 1.29 is 9.53 Å². The van der Waals surface area contributed by atoms with Crippen LogP contribution in [0.4, 0.5) is 0 Å². The molecule has 0 unspecified atom stereocenters. The molecule has 108 valence electrons. The monoisotopic (exact) mass is 274 g/mol. The van der Waals surface area contributed by atoms with Crippen LogP contribution in [0.15, 0.2) is 24.3 Å². The quantitative estimate of drug-likeness (QED) is 0.835. The molecule has 1 aliphatic heterocycles. The lowest BCUT2D eigenvalue weighted by Gasteiger charge is -2.35. The number of benzene rings is 1. The van der Waals surface area contributed by atoms with E-state index in [1.54, 1.807) is 7.11 Å². The van der Waals surface area contributed by atoms with Crippen molar-refractivity contribution in [3.05, 3.63) is 29.8 Å². The number of para-hydroxylation sites is 1. The molecular weight excluding hydrogens is 252 g/mol. The van der Waals surface area contributed by atoms with E-state index in [1.165, 1.54) is 12.8 Å². The number of nitrogens with zero attached hydrogens (tertiary/aromatic N) is 2. The topological polar surface area (TPSA) is 32.8 Å². The summed E-state index contributed by atoms with van der Waals surface area (Å²) in [6.45, 7) is 3.79. The lowest BCUT2D eigenvalue weighted by molar-refractivity contribution is -0.132. The first-order valence-electron chi connectivity index (χ1n) is 7.41. The molecule has 1 saturated heterocycles. The van der Waals surface area contributed by atoms with Gasteiger partial charge in [0, 0.05) is 37.8 Å². The highest BCUT2D eigenvalue weighted by atomic mass is 16.5. The van der Waals surface area contributed by atoms with E-state index in [-0.39, 0.29) is 5.91 Å². The Balaban J connectivity index is 1.56. The molecule has 2 fully saturated rings. The largest absolute Gasteiger partial charge is 0.496 e. The molecule has 4 nitrogen and oxygen atoms in total. The average Bonchev–Trinajstić information content (AvgIpc) is 3.32. The summed E-state index contributed by atoms with van der Waals surface area (Å²) in [4.78, 5) is 16.9. The van der Waals surface area contributed by atoms with Crippen LogP contribution in [0.1, 0.15) is 18.4 Å². The Morgan fingerprint density at radius 2 is 1.90 bits per heavy atom. The predicted molar refractivity (Wildman–Crippen MR) is 77.9 cm³/mol. The van der Waals surface area contributed by atoms with Crippen molar-refractivity contribution in [2.24, 2.45) is 0 Å². The highest BCUT2D eigenvalue weighted by Gasteiger charge is 2.32. The Kier molecular flexibility index (Phi) is 3.92. The van der Waals surface area contributed by atoms with E-state index in [0.717, 1.165) is 43.5 Å². The summed E-state index contributed by atoms with van der Waals surface area (Å²) in [5.74, 6) is 1.02. The Labute approximate surface area is 120 Å². The SMILES string of the molecule is COc1ccccc1CC(=O)N1CCN(C2CC2)CC1. The van der Waals surface area contributed by atoms with Crippen molar-refractivity contribution >= 4 is 5.91 Å². The third kappa shape index (κ3) is 2.96. The van der Waals surface area contributed by atoms with Crippen molar-refractivity contribution in [1.82, 2.24) is 9.80 Å². The maximum Gasteiger partial charge on any atom is 0.227 e. The molecule has 0 atom stereocenters. The minimum atomic E-state index is 0.213. The zero-order valence-electron chi connectivity index (χ0n) is 12.0. The van der Waals surface area contributed by atoms with E-state index in [0.29, 0.717) is 6.42 Å². The van der Waals surface area contributed by atoms with Crippen LogP contribution in [-0.2, 0) is 11.2 Å². The molecule has 0 bridgehead atoms. The van der Waals surface area contributed by atoms with Crippen LogP contribution in [-0.4, -0.2) is 55.0 Å². The Morgan fingerprint density at radius 1 is 1.20 bits per heavy atom. The predicted octanol–water partition coefficient (Wildman–Crippen LogP) is 1.54. The molecule has 4 heteroatoms. The highest BCUT2D eigenvalue weighted by Crippen LogP contribution is 2.27. The van der Waals surface area contributed by atoms with Gasteiger partial charge in [-0.1, -0.05) is 18.2 Å². The van der Waals surface area contributed by atoms with Crippen molar-refractivity contribution in [3.63, 3.8) is 0 Å². The second kappa shape index (κ2) is 5.83. The Hall–Kier alpha value is -1.55. The molecule has 0 radical (unpaired) electrons. The summed E-state index contributed by atoms with van der Waals surface area (Å²) < 4.78 is 5.31. The molecule has 2 aliphatic rings. The summed E-state index contributed by atoms with van der Waals surface area (Å²) >= 11 is 0. The van der Waals surface area contributed by atoms with Gasteiger partial charge in [0.25, 0.3) is 0 Å². The molecule has 0 spiro atoms. The van der Waals surface area contributed by atoms with Crippen molar-refractivity contribution in [1.29, 1.82) is 0 Å². The number of carbonyl (C=O) groups is 1. The number of hydrogen-bond acceptors (Lipinski definition) is 3. The second-order valence-corrected chi connectivity index (χ2v) is 5.64. The molecule has 1 saturated carbocycles. The van der Waals surface area contributed by atoms with E-state index >= 15 is 0 Å². The van der Waals surface area contributed by atoms with E-state index in [2.05, 4.69) is 4.90 Å².